The zero-order chi connectivity index (χ0) is 14.3. The number of nitrogens with zero attached hydrogens (tertiary/aromatic N) is 2. The number of fused-ring (bicyclic) bond motifs is 2. The molecule has 0 aromatic heterocycles. The SMILES string of the molecule is CC(N)c1ccc(N2CCC3CCC(C2)N3C)c(Br)c1. The Bertz CT molecular complexity index is 489. The molecule has 2 heterocycles. The van der Waals surface area contributed by atoms with Crippen molar-refractivity contribution >= 4 is 21.6 Å². The van der Waals surface area contributed by atoms with Crippen LogP contribution in [0.3, 0.4) is 0 Å². The van der Waals surface area contributed by atoms with E-state index < -0.39 is 0 Å². The lowest BCUT2D eigenvalue weighted by Crippen LogP contribution is -2.36. The fourth-order valence-electron chi connectivity index (χ4n) is 3.59. The molecule has 1 aromatic rings. The highest BCUT2D eigenvalue weighted by Crippen LogP contribution is 2.34. The summed E-state index contributed by atoms with van der Waals surface area (Å²) in [5, 5.41) is 0. The minimum atomic E-state index is 0.0895. The second-order valence-electron chi connectivity index (χ2n) is 6.28. The molecule has 3 nitrogen and oxygen atoms in total. The van der Waals surface area contributed by atoms with Crippen molar-refractivity contribution in [2.75, 3.05) is 25.0 Å². The molecule has 3 rings (SSSR count). The molecule has 2 bridgehead atoms. The molecular weight excluding hydrogens is 314 g/mol. The first-order valence-electron chi connectivity index (χ1n) is 7.58. The van der Waals surface area contributed by atoms with Crippen LogP contribution in [0.1, 0.15) is 37.8 Å². The number of nitrogens with two attached hydrogens (primary N) is 1. The van der Waals surface area contributed by atoms with E-state index in [4.69, 9.17) is 5.73 Å². The maximum absolute atomic E-state index is 5.96. The molecule has 0 spiro atoms. The lowest BCUT2D eigenvalue weighted by Gasteiger charge is -2.28. The Morgan fingerprint density at radius 1 is 1.25 bits per heavy atom. The zero-order valence-electron chi connectivity index (χ0n) is 12.3. The highest BCUT2D eigenvalue weighted by Gasteiger charge is 2.34. The fourth-order valence-corrected chi connectivity index (χ4v) is 4.24. The van der Waals surface area contributed by atoms with Crippen molar-refractivity contribution in [1.82, 2.24) is 4.90 Å². The number of anilines is 1. The van der Waals surface area contributed by atoms with E-state index in [-0.39, 0.29) is 6.04 Å². The van der Waals surface area contributed by atoms with Crippen molar-refractivity contribution in [3.05, 3.63) is 28.2 Å². The molecule has 0 amide bonds. The van der Waals surface area contributed by atoms with Gasteiger partial charge in [-0.2, -0.15) is 0 Å². The Morgan fingerprint density at radius 2 is 2.00 bits per heavy atom. The second-order valence-corrected chi connectivity index (χ2v) is 7.14. The molecule has 0 saturated carbocycles. The molecule has 2 saturated heterocycles. The van der Waals surface area contributed by atoms with Gasteiger partial charge >= 0.3 is 0 Å². The Hall–Kier alpha value is -0.580. The summed E-state index contributed by atoms with van der Waals surface area (Å²) in [4.78, 5) is 5.12. The quantitative estimate of drug-likeness (QED) is 0.899. The molecule has 4 heteroatoms. The lowest BCUT2D eigenvalue weighted by atomic mass is 10.1. The average Bonchev–Trinajstić information content (AvgIpc) is 2.64. The van der Waals surface area contributed by atoms with Gasteiger partial charge in [-0.3, -0.25) is 4.90 Å². The third-order valence-corrected chi connectivity index (χ3v) is 5.62. The molecule has 2 aliphatic rings. The van der Waals surface area contributed by atoms with Gasteiger partial charge in [0.1, 0.15) is 0 Å². The van der Waals surface area contributed by atoms with Crippen molar-refractivity contribution in [3.8, 4) is 0 Å². The van der Waals surface area contributed by atoms with Crippen molar-refractivity contribution in [2.24, 2.45) is 5.73 Å². The van der Waals surface area contributed by atoms with Crippen LogP contribution in [0.2, 0.25) is 0 Å². The Kier molecular flexibility index (Phi) is 4.07. The monoisotopic (exact) mass is 337 g/mol. The lowest BCUT2D eigenvalue weighted by molar-refractivity contribution is 0.254. The van der Waals surface area contributed by atoms with Crippen LogP contribution < -0.4 is 10.6 Å². The normalized spacial score (nSPS) is 28.5. The first-order valence-corrected chi connectivity index (χ1v) is 8.37. The number of hydrogen-bond donors (Lipinski definition) is 1. The maximum atomic E-state index is 5.96. The molecule has 3 unspecified atom stereocenters. The summed E-state index contributed by atoms with van der Waals surface area (Å²) in [6.07, 6.45) is 3.99. The molecule has 0 radical (unpaired) electrons. The van der Waals surface area contributed by atoms with Gasteiger partial charge in [0, 0.05) is 35.7 Å². The zero-order valence-corrected chi connectivity index (χ0v) is 13.9. The molecule has 110 valence electrons. The largest absolute Gasteiger partial charge is 0.369 e. The summed E-state index contributed by atoms with van der Waals surface area (Å²) in [5.41, 5.74) is 8.47. The van der Waals surface area contributed by atoms with E-state index in [0.717, 1.165) is 19.1 Å². The topological polar surface area (TPSA) is 32.5 Å². The van der Waals surface area contributed by atoms with E-state index in [1.54, 1.807) is 0 Å². The molecule has 1 aromatic carbocycles. The molecule has 2 N–H and O–H groups in total. The minimum absolute atomic E-state index is 0.0895. The number of benzene rings is 1. The summed E-state index contributed by atoms with van der Waals surface area (Å²) >= 11 is 3.73. The van der Waals surface area contributed by atoms with E-state index in [1.807, 2.05) is 6.92 Å². The van der Waals surface area contributed by atoms with Crippen LogP contribution in [0.25, 0.3) is 0 Å². The summed E-state index contributed by atoms with van der Waals surface area (Å²) < 4.78 is 1.17. The molecule has 20 heavy (non-hydrogen) atoms. The minimum Gasteiger partial charge on any atom is -0.369 e. The van der Waals surface area contributed by atoms with Crippen LogP contribution in [0.4, 0.5) is 5.69 Å². The molecule has 0 aliphatic carbocycles. The van der Waals surface area contributed by atoms with Crippen LogP contribution in [0.5, 0.6) is 0 Å². The fraction of sp³-hybridized carbons (Fsp3) is 0.625. The standard InChI is InChI=1S/C16H24BrN3/c1-11(18)12-3-6-16(15(17)9-12)20-8-7-13-4-5-14(10-20)19(13)2/h3,6,9,11,13-14H,4-5,7-8,10,18H2,1-2H3. The number of rotatable bonds is 2. The average molecular weight is 338 g/mol. The first-order chi connectivity index (χ1) is 9.56. The summed E-state index contributed by atoms with van der Waals surface area (Å²) in [7, 11) is 2.29. The van der Waals surface area contributed by atoms with Crippen LogP contribution in [0, 0.1) is 0 Å². The van der Waals surface area contributed by atoms with Gasteiger partial charge in [-0.1, -0.05) is 6.07 Å². The number of likely N-dealkylation sites (N-methyl/N-ethyl adjacent to an activating group) is 1. The van der Waals surface area contributed by atoms with Crippen molar-refractivity contribution in [2.45, 2.75) is 44.3 Å². The predicted octanol–water partition coefficient (Wildman–Crippen LogP) is 3.14. The van der Waals surface area contributed by atoms with Crippen LogP contribution in [0.15, 0.2) is 22.7 Å². The Balaban J connectivity index is 1.82. The predicted molar refractivity (Wildman–Crippen MR) is 88.1 cm³/mol. The van der Waals surface area contributed by atoms with Crippen LogP contribution in [-0.4, -0.2) is 37.1 Å². The Labute approximate surface area is 130 Å². The van der Waals surface area contributed by atoms with E-state index in [9.17, 15) is 0 Å². The molecule has 2 fully saturated rings. The molecule has 2 aliphatic heterocycles. The van der Waals surface area contributed by atoms with Crippen LogP contribution >= 0.6 is 15.9 Å². The third-order valence-electron chi connectivity index (χ3n) is 4.99. The van der Waals surface area contributed by atoms with Gasteiger partial charge in [-0.05, 0) is 66.9 Å². The van der Waals surface area contributed by atoms with Crippen molar-refractivity contribution in [3.63, 3.8) is 0 Å². The number of halogens is 1. The van der Waals surface area contributed by atoms with Crippen LogP contribution in [-0.2, 0) is 0 Å². The van der Waals surface area contributed by atoms with Gasteiger partial charge in [-0.25, -0.2) is 0 Å². The third kappa shape index (κ3) is 2.61. The summed E-state index contributed by atoms with van der Waals surface area (Å²) in [5.74, 6) is 0. The molecular formula is C16H24BrN3. The summed E-state index contributed by atoms with van der Waals surface area (Å²) in [6.45, 7) is 4.33. The first kappa shape index (κ1) is 14.4. The smallest absolute Gasteiger partial charge is 0.0511 e. The second kappa shape index (κ2) is 5.66. The van der Waals surface area contributed by atoms with Gasteiger partial charge in [0.05, 0.1) is 5.69 Å². The number of hydrogen-bond acceptors (Lipinski definition) is 3. The van der Waals surface area contributed by atoms with E-state index in [1.165, 1.54) is 35.0 Å². The highest BCUT2D eigenvalue weighted by molar-refractivity contribution is 9.10. The van der Waals surface area contributed by atoms with Gasteiger partial charge in [0.15, 0.2) is 0 Å². The summed E-state index contributed by atoms with van der Waals surface area (Å²) in [6, 6.07) is 8.15. The van der Waals surface area contributed by atoms with Gasteiger partial charge in [-0.15, -0.1) is 0 Å². The van der Waals surface area contributed by atoms with Crippen molar-refractivity contribution < 1.29 is 0 Å². The maximum Gasteiger partial charge on any atom is 0.0511 e. The van der Waals surface area contributed by atoms with E-state index in [0.29, 0.717) is 6.04 Å². The van der Waals surface area contributed by atoms with Gasteiger partial charge < -0.3 is 10.6 Å². The van der Waals surface area contributed by atoms with Gasteiger partial charge in [0.2, 0.25) is 0 Å². The van der Waals surface area contributed by atoms with Crippen molar-refractivity contribution in [1.29, 1.82) is 0 Å². The van der Waals surface area contributed by atoms with Gasteiger partial charge in [0.25, 0.3) is 0 Å². The molecule has 3 atom stereocenters. The van der Waals surface area contributed by atoms with E-state index in [2.05, 4.69) is 51.0 Å². The highest BCUT2D eigenvalue weighted by atomic mass is 79.9. The van der Waals surface area contributed by atoms with E-state index >= 15 is 0 Å². The Morgan fingerprint density at radius 3 is 2.70 bits per heavy atom.